The average Bonchev–Trinajstić information content (AvgIpc) is 2.04. The van der Waals surface area contributed by atoms with Crippen LogP contribution in [0, 0.1) is 0 Å². The molecule has 0 aromatic carbocycles. The van der Waals surface area contributed by atoms with E-state index in [4.69, 9.17) is 16.3 Å². The van der Waals surface area contributed by atoms with Crippen molar-refractivity contribution in [2.45, 2.75) is 38.3 Å². The van der Waals surface area contributed by atoms with Crippen LogP contribution in [0.3, 0.4) is 0 Å². The number of carbonyl (C=O) groups is 1. The number of nitrogens with one attached hydrogen (secondary N) is 1. The van der Waals surface area contributed by atoms with E-state index in [2.05, 4.69) is 5.32 Å². The molecule has 2 unspecified atom stereocenters. The Morgan fingerprint density at radius 1 is 1.69 bits per heavy atom. The fourth-order valence-electron chi connectivity index (χ4n) is 1.51. The van der Waals surface area contributed by atoms with Crippen LogP contribution < -0.4 is 5.32 Å². The van der Waals surface area contributed by atoms with E-state index in [-0.39, 0.29) is 18.1 Å². The van der Waals surface area contributed by atoms with Crippen molar-refractivity contribution in [1.29, 1.82) is 0 Å². The molecule has 3 nitrogen and oxygen atoms in total. The van der Waals surface area contributed by atoms with E-state index in [1.807, 2.05) is 6.92 Å². The van der Waals surface area contributed by atoms with Crippen LogP contribution in [-0.4, -0.2) is 30.5 Å². The van der Waals surface area contributed by atoms with Gasteiger partial charge in [-0.3, -0.25) is 4.79 Å². The van der Waals surface area contributed by atoms with Crippen molar-refractivity contribution in [3.05, 3.63) is 0 Å². The van der Waals surface area contributed by atoms with Gasteiger partial charge in [-0.05, 0) is 19.8 Å². The predicted octanol–water partition coefficient (Wildman–Crippen LogP) is 1.30. The van der Waals surface area contributed by atoms with Crippen molar-refractivity contribution < 1.29 is 9.53 Å². The summed E-state index contributed by atoms with van der Waals surface area (Å²) >= 11 is 5.46. The lowest BCUT2D eigenvalue weighted by molar-refractivity contribution is -0.122. The van der Waals surface area contributed by atoms with Crippen molar-refractivity contribution >= 4 is 17.5 Å². The Kier molecular flexibility index (Phi) is 4.53. The number of halogens is 1. The first kappa shape index (κ1) is 10.8. The Hall–Kier alpha value is -0.280. The fraction of sp³-hybridized carbons (Fsp3) is 0.889. The van der Waals surface area contributed by atoms with Crippen LogP contribution in [-0.2, 0) is 9.53 Å². The average molecular weight is 206 g/mol. The van der Waals surface area contributed by atoms with Crippen LogP contribution in [0.25, 0.3) is 0 Å². The summed E-state index contributed by atoms with van der Waals surface area (Å²) in [6, 6.07) is 0.277. The SMILES string of the molecule is CC1CC(NC(=O)CCCl)CCO1. The molecule has 4 heteroatoms. The smallest absolute Gasteiger partial charge is 0.221 e. The van der Waals surface area contributed by atoms with E-state index < -0.39 is 0 Å². The highest BCUT2D eigenvalue weighted by molar-refractivity contribution is 6.18. The molecule has 1 saturated heterocycles. The summed E-state index contributed by atoms with van der Waals surface area (Å²) in [6.07, 6.45) is 2.50. The summed E-state index contributed by atoms with van der Waals surface area (Å²) in [5.74, 6) is 0.444. The van der Waals surface area contributed by atoms with Gasteiger partial charge >= 0.3 is 0 Å². The predicted molar refractivity (Wildman–Crippen MR) is 51.9 cm³/mol. The van der Waals surface area contributed by atoms with Crippen molar-refractivity contribution in [1.82, 2.24) is 5.32 Å². The first-order valence-corrected chi connectivity index (χ1v) is 5.22. The Morgan fingerprint density at radius 2 is 2.46 bits per heavy atom. The first-order chi connectivity index (χ1) is 6.22. The van der Waals surface area contributed by atoms with E-state index >= 15 is 0 Å². The molecule has 1 N–H and O–H groups in total. The molecule has 1 heterocycles. The lowest BCUT2D eigenvalue weighted by atomic mass is 10.0. The Bertz CT molecular complexity index is 175. The second-order valence-electron chi connectivity index (χ2n) is 3.41. The van der Waals surface area contributed by atoms with Crippen LogP contribution in [0.2, 0.25) is 0 Å². The van der Waals surface area contributed by atoms with Crippen molar-refractivity contribution in [3.8, 4) is 0 Å². The van der Waals surface area contributed by atoms with Gasteiger partial charge in [0.05, 0.1) is 6.10 Å². The molecule has 2 atom stereocenters. The van der Waals surface area contributed by atoms with Gasteiger partial charge in [0.15, 0.2) is 0 Å². The number of amides is 1. The molecule has 0 spiro atoms. The lowest BCUT2D eigenvalue weighted by Crippen LogP contribution is -2.41. The summed E-state index contributed by atoms with van der Waals surface area (Å²) in [5, 5.41) is 2.95. The third-order valence-corrected chi connectivity index (χ3v) is 2.36. The van der Waals surface area contributed by atoms with Gasteiger partial charge in [-0.2, -0.15) is 0 Å². The van der Waals surface area contributed by atoms with Crippen LogP contribution in [0.15, 0.2) is 0 Å². The molecule has 1 aliphatic heterocycles. The van der Waals surface area contributed by atoms with E-state index in [1.165, 1.54) is 0 Å². The largest absolute Gasteiger partial charge is 0.378 e. The molecule has 76 valence electrons. The zero-order valence-corrected chi connectivity index (χ0v) is 8.64. The maximum absolute atomic E-state index is 11.2. The monoisotopic (exact) mass is 205 g/mol. The maximum atomic E-state index is 11.2. The normalized spacial score (nSPS) is 28.5. The lowest BCUT2D eigenvalue weighted by Gasteiger charge is -2.27. The fourth-order valence-corrected chi connectivity index (χ4v) is 1.69. The molecule has 1 rings (SSSR count). The highest BCUT2D eigenvalue weighted by Gasteiger charge is 2.20. The Balaban J connectivity index is 2.23. The highest BCUT2D eigenvalue weighted by atomic mass is 35.5. The molecular weight excluding hydrogens is 190 g/mol. The molecule has 0 bridgehead atoms. The van der Waals surface area contributed by atoms with Gasteiger partial charge in [0.2, 0.25) is 5.91 Å². The minimum absolute atomic E-state index is 0.0501. The quantitative estimate of drug-likeness (QED) is 0.706. The van der Waals surface area contributed by atoms with E-state index in [0.717, 1.165) is 19.4 Å². The summed E-state index contributed by atoms with van der Waals surface area (Å²) in [7, 11) is 0. The highest BCUT2D eigenvalue weighted by Crippen LogP contribution is 2.13. The molecule has 0 saturated carbocycles. The first-order valence-electron chi connectivity index (χ1n) is 4.69. The molecule has 0 aromatic heterocycles. The van der Waals surface area contributed by atoms with E-state index in [0.29, 0.717) is 12.3 Å². The van der Waals surface area contributed by atoms with Crippen molar-refractivity contribution in [3.63, 3.8) is 0 Å². The second kappa shape index (κ2) is 5.45. The number of ether oxygens (including phenoxy) is 1. The van der Waals surface area contributed by atoms with E-state index in [9.17, 15) is 4.79 Å². The maximum Gasteiger partial charge on any atom is 0.221 e. The molecule has 1 fully saturated rings. The number of hydrogen-bond donors (Lipinski definition) is 1. The van der Waals surface area contributed by atoms with Crippen LogP contribution in [0.5, 0.6) is 0 Å². The number of rotatable bonds is 3. The third-order valence-electron chi connectivity index (χ3n) is 2.17. The van der Waals surface area contributed by atoms with Crippen LogP contribution >= 0.6 is 11.6 Å². The van der Waals surface area contributed by atoms with Crippen molar-refractivity contribution in [2.75, 3.05) is 12.5 Å². The van der Waals surface area contributed by atoms with E-state index in [1.54, 1.807) is 0 Å². The summed E-state index contributed by atoms with van der Waals surface area (Å²) in [6.45, 7) is 2.77. The molecule has 1 amide bonds. The van der Waals surface area contributed by atoms with Gasteiger partial charge in [-0.1, -0.05) is 0 Å². The number of alkyl halides is 1. The standard InChI is InChI=1S/C9H16ClNO2/c1-7-6-8(3-5-13-7)11-9(12)2-4-10/h7-8H,2-6H2,1H3,(H,11,12). The summed E-state index contributed by atoms with van der Waals surface area (Å²) in [5.41, 5.74) is 0. The van der Waals surface area contributed by atoms with Gasteiger partial charge in [0.25, 0.3) is 0 Å². The topological polar surface area (TPSA) is 38.3 Å². The molecular formula is C9H16ClNO2. The zero-order valence-electron chi connectivity index (χ0n) is 7.88. The van der Waals surface area contributed by atoms with Crippen LogP contribution in [0.1, 0.15) is 26.2 Å². The van der Waals surface area contributed by atoms with Gasteiger partial charge in [-0.15, -0.1) is 11.6 Å². The van der Waals surface area contributed by atoms with Crippen LogP contribution in [0.4, 0.5) is 0 Å². The molecule has 0 aromatic rings. The Morgan fingerprint density at radius 3 is 3.08 bits per heavy atom. The number of carbonyl (C=O) groups excluding carboxylic acids is 1. The molecule has 0 radical (unpaired) electrons. The van der Waals surface area contributed by atoms with Gasteiger partial charge in [-0.25, -0.2) is 0 Å². The minimum Gasteiger partial charge on any atom is -0.378 e. The molecule has 13 heavy (non-hydrogen) atoms. The zero-order chi connectivity index (χ0) is 9.68. The summed E-state index contributed by atoms with van der Waals surface area (Å²) in [4.78, 5) is 11.2. The summed E-state index contributed by atoms with van der Waals surface area (Å²) < 4.78 is 5.37. The van der Waals surface area contributed by atoms with Gasteiger partial charge < -0.3 is 10.1 Å². The second-order valence-corrected chi connectivity index (χ2v) is 3.79. The van der Waals surface area contributed by atoms with Gasteiger partial charge in [0.1, 0.15) is 0 Å². The van der Waals surface area contributed by atoms with Gasteiger partial charge in [0, 0.05) is 24.9 Å². The third kappa shape index (κ3) is 3.96. The molecule has 1 aliphatic rings. The minimum atomic E-state index is 0.0501. The Labute approximate surface area is 83.8 Å². The molecule has 0 aliphatic carbocycles. The number of hydrogen-bond acceptors (Lipinski definition) is 2. The van der Waals surface area contributed by atoms with Crippen molar-refractivity contribution in [2.24, 2.45) is 0 Å².